The van der Waals surface area contributed by atoms with Crippen LogP contribution in [0.2, 0.25) is 5.02 Å². The van der Waals surface area contributed by atoms with E-state index in [0.29, 0.717) is 23.0 Å². The molecule has 0 radical (unpaired) electrons. The Kier molecular flexibility index (Phi) is 5.54. The molecule has 0 aliphatic carbocycles. The van der Waals surface area contributed by atoms with Crippen molar-refractivity contribution in [1.82, 2.24) is 5.32 Å². The molecule has 1 N–H and O–H groups in total. The van der Waals surface area contributed by atoms with Crippen LogP contribution in [0.25, 0.3) is 0 Å². The summed E-state index contributed by atoms with van der Waals surface area (Å²) in [5.74, 6) is 0.468. The van der Waals surface area contributed by atoms with Crippen LogP contribution in [0.4, 0.5) is 5.69 Å². The van der Waals surface area contributed by atoms with Crippen molar-refractivity contribution in [2.45, 2.75) is 33.6 Å². The van der Waals surface area contributed by atoms with Crippen LogP contribution in [0.1, 0.15) is 39.2 Å². The maximum Gasteiger partial charge on any atom is 0.225 e. The zero-order chi connectivity index (χ0) is 17.0. The van der Waals surface area contributed by atoms with Crippen LogP contribution < -0.4 is 10.2 Å². The summed E-state index contributed by atoms with van der Waals surface area (Å²) in [5.41, 5.74) is 1.18. The van der Waals surface area contributed by atoms with Crippen molar-refractivity contribution in [3.05, 3.63) is 28.8 Å². The number of hydrogen-bond acceptors (Lipinski definition) is 3. The first-order valence-corrected chi connectivity index (χ1v) is 8.42. The first kappa shape index (κ1) is 17.6. The summed E-state index contributed by atoms with van der Waals surface area (Å²) in [6, 6.07) is 7.60. The number of nitriles is 1. The van der Waals surface area contributed by atoms with Crippen molar-refractivity contribution in [3.63, 3.8) is 0 Å². The second kappa shape index (κ2) is 7.23. The standard InChI is InChI=1S/C18H24ClN3O/c1-18(2,3)17(23)21-11-13-5-4-8-22(12-13)16-9-15(19)7-6-14(16)10-20/h6-7,9,13H,4-5,8,11-12H2,1-3H3,(H,21,23). The summed E-state index contributed by atoms with van der Waals surface area (Å²) in [7, 11) is 0. The summed E-state index contributed by atoms with van der Waals surface area (Å²) in [6.07, 6.45) is 2.14. The predicted molar refractivity (Wildman–Crippen MR) is 93.6 cm³/mol. The normalized spacial score (nSPS) is 18.4. The molecule has 4 nitrogen and oxygen atoms in total. The monoisotopic (exact) mass is 333 g/mol. The fraction of sp³-hybridized carbons (Fsp3) is 0.556. The summed E-state index contributed by atoms with van der Waals surface area (Å²) in [5, 5.41) is 13.0. The third kappa shape index (κ3) is 4.62. The molecule has 1 amide bonds. The average molecular weight is 334 g/mol. The minimum absolute atomic E-state index is 0.0788. The van der Waals surface area contributed by atoms with Crippen LogP contribution in [0.3, 0.4) is 0 Å². The SMILES string of the molecule is CC(C)(C)C(=O)NCC1CCCN(c2cc(Cl)ccc2C#N)C1. The van der Waals surface area contributed by atoms with Gasteiger partial charge in [-0.15, -0.1) is 0 Å². The lowest BCUT2D eigenvalue weighted by molar-refractivity contribution is -0.128. The molecular weight excluding hydrogens is 310 g/mol. The molecule has 1 heterocycles. The molecule has 2 rings (SSSR count). The van der Waals surface area contributed by atoms with Crippen molar-refractivity contribution in [1.29, 1.82) is 5.26 Å². The van der Waals surface area contributed by atoms with Crippen LogP contribution in [0.5, 0.6) is 0 Å². The summed E-state index contributed by atoms with van der Waals surface area (Å²) in [4.78, 5) is 14.2. The maximum absolute atomic E-state index is 12.0. The fourth-order valence-electron chi connectivity index (χ4n) is 2.81. The Hall–Kier alpha value is -1.73. The molecule has 0 bridgehead atoms. The van der Waals surface area contributed by atoms with Gasteiger partial charge in [-0.05, 0) is 37.0 Å². The Morgan fingerprint density at radius 2 is 2.22 bits per heavy atom. The number of piperidine rings is 1. The molecule has 1 aliphatic heterocycles. The average Bonchev–Trinajstić information content (AvgIpc) is 2.52. The number of nitrogens with zero attached hydrogens (tertiary/aromatic N) is 2. The molecule has 23 heavy (non-hydrogen) atoms. The van der Waals surface area contributed by atoms with E-state index in [1.807, 2.05) is 26.8 Å². The lowest BCUT2D eigenvalue weighted by atomic mass is 9.93. The number of benzene rings is 1. The molecule has 0 spiro atoms. The highest BCUT2D eigenvalue weighted by molar-refractivity contribution is 6.30. The van der Waals surface area contributed by atoms with Gasteiger partial charge in [0.15, 0.2) is 0 Å². The van der Waals surface area contributed by atoms with E-state index in [1.165, 1.54) is 0 Å². The van der Waals surface area contributed by atoms with E-state index in [-0.39, 0.29) is 11.3 Å². The topological polar surface area (TPSA) is 56.1 Å². The minimum Gasteiger partial charge on any atom is -0.370 e. The molecule has 1 aromatic rings. The highest BCUT2D eigenvalue weighted by atomic mass is 35.5. The number of anilines is 1. The number of carbonyl (C=O) groups excluding carboxylic acids is 1. The summed E-state index contributed by atoms with van der Waals surface area (Å²) < 4.78 is 0. The van der Waals surface area contributed by atoms with E-state index in [1.54, 1.807) is 12.1 Å². The lowest BCUT2D eigenvalue weighted by Crippen LogP contribution is -2.43. The van der Waals surface area contributed by atoms with Crippen LogP contribution in [0, 0.1) is 22.7 Å². The Bertz CT molecular complexity index is 616. The van der Waals surface area contributed by atoms with Gasteiger partial charge in [-0.1, -0.05) is 32.4 Å². The van der Waals surface area contributed by atoms with Crippen LogP contribution in [-0.4, -0.2) is 25.5 Å². The van der Waals surface area contributed by atoms with Crippen molar-refractivity contribution in [2.75, 3.05) is 24.5 Å². The van der Waals surface area contributed by atoms with Crippen molar-refractivity contribution in [2.24, 2.45) is 11.3 Å². The van der Waals surface area contributed by atoms with Crippen LogP contribution >= 0.6 is 11.6 Å². The van der Waals surface area contributed by atoms with Crippen molar-refractivity contribution >= 4 is 23.2 Å². The van der Waals surface area contributed by atoms with Crippen LogP contribution in [0.15, 0.2) is 18.2 Å². The first-order chi connectivity index (χ1) is 10.8. The van der Waals surface area contributed by atoms with E-state index in [0.717, 1.165) is 31.6 Å². The smallest absolute Gasteiger partial charge is 0.225 e. The predicted octanol–water partition coefficient (Wildman–Crippen LogP) is 3.59. The fourth-order valence-corrected chi connectivity index (χ4v) is 2.98. The van der Waals surface area contributed by atoms with Crippen molar-refractivity contribution < 1.29 is 4.79 Å². The van der Waals surface area contributed by atoms with E-state index >= 15 is 0 Å². The Morgan fingerprint density at radius 3 is 2.87 bits per heavy atom. The van der Waals surface area contributed by atoms with E-state index in [4.69, 9.17) is 11.6 Å². The van der Waals surface area contributed by atoms with Crippen LogP contribution in [-0.2, 0) is 4.79 Å². The number of carbonyl (C=O) groups is 1. The van der Waals surface area contributed by atoms with Gasteiger partial charge in [0.25, 0.3) is 0 Å². The number of hydrogen-bond donors (Lipinski definition) is 1. The van der Waals surface area contributed by atoms with Gasteiger partial charge in [0.1, 0.15) is 6.07 Å². The molecule has 1 fully saturated rings. The number of amides is 1. The Balaban J connectivity index is 2.03. The zero-order valence-electron chi connectivity index (χ0n) is 14.0. The molecule has 0 aromatic heterocycles. The van der Waals surface area contributed by atoms with Gasteiger partial charge in [0.2, 0.25) is 5.91 Å². The third-order valence-electron chi connectivity index (χ3n) is 4.17. The largest absolute Gasteiger partial charge is 0.370 e. The van der Waals surface area contributed by atoms with Crippen molar-refractivity contribution in [3.8, 4) is 6.07 Å². The first-order valence-electron chi connectivity index (χ1n) is 8.04. The maximum atomic E-state index is 12.0. The van der Waals surface area contributed by atoms with Gasteiger partial charge in [-0.2, -0.15) is 5.26 Å². The zero-order valence-corrected chi connectivity index (χ0v) is 14.8. The molecule has 1 saturated heterocycles. The molecule has 124 valence electrons. The third-order valence-corrected chi connectivity index (χ3v) is 4.41. The van der Waals surface area contributed by atoms with Gasteiger partial charge < -0.3 is 10.2 Å². The van der Waals surface area contributed by atoms with E-state index in [9.17, 15) is 10.1 Å². The highest BCUT2D eigenvalue weighted by Crippen LogP contribution is 2.28. The summed E-state index contributed by atoms with van der Waals surface area (Å²) >= 11 is 6.09. The molecular formula is C18H24ClN3O. The number of nitrogens with one attached hydrogen (secondary N) is 1. The van der Waals surface area contributed by atoms with Gasteiger partial charge in [-0.3, -0.25) is 4.79 Å². The van der Waals surface area contributed by atoms with Gasteiger partial charge in [0.05, 0.1) is 11.3 Å². The number of halogens is 1. The number of rotatable bonds is 3. The minimum atomic E-state index is -0.366. The quantitative estimate of drug-likeness (QED) is 0.919. The lowest BCUT2D eigenvalue weighted by Gasteiger charge is -2.35. The molecule has 5 heteroatoms. The molecule has 0 saturated carbocycles. The molecule has 1 atom stereocenters. The Labute approximate surface area is 143 Å². The van der Waals surface area contributed by atoms with E-state index < -0.39 is 0 Å². The van der Waals surface area contributed by atoms with Gasteiger partial charge >= 0.3 is 0 Å². The second-order valence-electron chi connectivity index (χ2n) is 7.19. The van der Waals surface area contributed by atoms with Gasteiger partial charge in [-0.25, -0.2) is 0 Å². The summed E-state index contributed by atoms with van der Waals surface area (Å²) in [6.45, 7) is 8.18. The Morgan fingerprint density at radius 1 is 1.48 bits per heavy atom. The molecule has 1 aromatic carbocycles. The van der Waals surface area contributed by atoms with Gasteiger partial charge in [0, 0.05) is 30.1 Å². The second-order valence-corrected chi connectivity index (χ2v) is 7.62. The molecule has 1 unspecified atom stereocenters. The van der Waals surface area contributed by atoms with E-state index in [2.05, 4.69) is 16.3 Å². The molecule has 1 aliphatic rings. The highest BCUT2D eigenvalue weighted by Gasteiger charge is 2.25.